The van der Waals surface area contributed by atoms with Crippen molar-refractivity contribution >= 4 is 11.6 Å². The molecular weight excluding hydrogens is 217 g/mol. The van der Waals surface area contributed by atoms with Crippen LogP contribution in [0.25, 0.3) is 0 Å². The number of methoxy groups -OCH3 is 1. The maximum absolute atomic E-state index is 13.2. The van der Waals surface area contributed by atoms with Crippen LogP contribution in [0.5, 0.6) is 5.75 Å². The van der Waals surface area contributed by atoms with Gasteiger partial charge >= 0.3 is 0 Å². The molecule has 0 N–H and O–H groups in total. The van der Waals surface area contributed by atoms with Gasteiger partial charge in [-0.25, -0.2) is 13.2 Å². The molecule has 0 fully saturated rings. The highest BCUT2D eigenvalue weighted by Gasteiger charge is 2.22. The van der Waals surface area contributed by atoms with Crippen LogP contribution in [0.4, 0.5) is 13.2 Å². The molecule has 0 heterocycles. The van der Waals surface area contributed by atoms with E-state index >= 15 is 0 Å². The summed E-state index contributed by atoms with van der Waals surface area (Å²) < 4.78 is 42.2. The van der Waals surface area contributed by atoms with Gasteiger partial charge in [0.1, 0.15) is 16.9 Å². The second-order valence-corrected chi connectivity index (χ2v) is 3.09. The maximum atomic E-state index is 13.2. The highest BCUT2D eigenvalue weighted by atomic mass is 35.5. The van der Waals surface area contributed by atoms with Crippen LogP contribution in [0.15, 0.2) is 18.2 Å². The molecular formula is C9H8ClF3O. The Bertz CT molecular complexity index is 317. The summed E-state index contributed by atoms with van der Waals surface area (Å²) in [4.78, 5) is 0. The number of hydrogen-bond acceptors (Lipinski definition) is 1. The Labute approximate surface area is 84.4 Å². The van der Waals surface area contributed by atoms with Gasteiger partial charge in [-0.15, -0.1) is 11.6 Å². The van der Waals surface area contributed by atoms with Gasteiger partial charge in [-0.05, 0) is 6.07 Å². The monoisotopic (exact) mass is 224 g/mol. The number of ether oxygens (including phenoxy) is 1. The molecule has 1 atom stereocenters. The summed E-state index contributed by atoms with van der Waals surface area (Å²) in [6.45, 7) is 0. The molecule has 0 bridgehead atoms. The minimum absolute atomic E-state index is 0.220. The SMILES string of the molecule is COc1ccc(C(Cl)C(F)F)c(F)c1. The van der Waals surface area contributed by atoms with Gasteiger partial charge < -0.3 is 4.74 Å². The van der Waals surface area contributed by atoms with Crippen LogP contribution in [0.2, 0.25) is 0 Å². The molecule has 0 saturated heterocycles. The molecule has 1 aromatic rings. The molecule has 1 rings (SSSR count). The van der Waals surface area contributed by atoms with Gasteiger partial charge in [0.25, 0.3) is 6.43 Å². The largest absolute Gasteiger partial charge is 0.497 e. The number of benzene rings is 1. The number of rotatable bonds is 3. The average molecular weight is 225 g/mol. The number of hydrogen-bond donors (Lipinski definition) is 0. The molecule has 0 spiro atoms. The fraction of sp³-hybridized carbons (Fsp3) is 0.333. The second kappa shape index (κ2) is 4.55. The quantitative estimate of drug-likeness (QED) is 0.716. The Kier molecular flexibility index (Phi) is 3.63. The van der Waals surface area contributed by atoms with E-state index in [1.165, 1.54) is 19.2 Å². The Balaban J connectivity index is 2.99. The smallest absolute Gasteiger partial charge is 0.258 e. The van der Waals surface area contributed by atoms with Gasteiger partial charge in [0.15, 0.2) is 0 Å². The van der Waals surface area contributed by atoms with Crippen LogP contribution >= 0.6 is 11.6 Å². The van der Waals surface area contributed by atoms with Crippen molar-refractivity contribution in [3.05, 3.63) is 29.6 Å². The van der Waals surface area contributed by atoms with E-state index in [0.717, 1.165) is 6.07 Å². The van der Waals surface area contributed by atoms with Crippen molar-refractivity contribution in [1.82, 2.24) is 0 Å². The predicted molar refractivity (Wildman–Crippen MR) is 47.6 cm³/mol. The van der Waals surface area contributed by atoms with Crippen LogP contribution < -0.4 is 4.74 Å². The number of halogens is 4. The molecule has 0 aliphatic rings. The number of alkyl halides is 3. The van der Waals surface area contributed by atoms with Gasteiger partial charge in [-0.2, -0.15) is 0 Å². The average Bonchev–Trinajstić information content (AvgIpc) is 2.16. The topological polar surface area (TPSA) is 9.23 Å². The molecule has 78 valence electrons. The highest BCUT2D eigenvalue weighted by molar-refractivity contribution is 6.21. The molecule has 1 nitrogen and oxygen atoms in total. The van der Waals surface area contributed by atoms with Crippen molar-refractivity contribution in [2.75, 3.05) is 7.11 Å². The zero-order chi connectivity index (χ0) is 10.7. The normalized spacial score (nSPS) is 13.0. The Morgan fingerprint density at radius 2 is 2.00 bits per heavy atom. The summed E-state index contributed by atoms with van der Waals surface area (Å²) in [5.74, 6) is -0.519. The van der Waals surface area contributed by atoms with Gasteiger partial charge in [-0.3, -0.25) is 0 Å². The molecule has 0 amide bonds. The first kappa shape index (κ1) is 11.2. The van der Waals surface area contributed by atoms with E-state index < -0.39 is 17.6 Å². The van der Waals surface area contributed by atoms with Crippen LogP contribution in [-0.4, -0.2) is 13.5 Å². The zero-order valence-corrected chi connectivity index (χ0v) is 8.06. The predicted octanol–water partition coefficient (Wildman–Crippen LogP) is 3.38. The highest BCUT2D eigenvalue weighted by Crippen LogP contribution is 2.30. The molecule has 0 saturated carbocycles. The maximum Gasteiger partial charge on any atom is 0.258 e. The van der Waals surface area contributed by atoms with E-state index in [1.807, 2.05) is 0 Å². The Morgan fingerprint density at radius 3 is 2.43 bits per heavy atom. The lowest BCUT2D eigenvalue weighted by atomic mass is 10.1. The molecule has 0 aliphatic carbocycles. The van der Waals surface area contributed by atoms with E-state index in [-0.39, 0.29) is 11.3 Å². The molecule has 0 aliphatic heterocycles. The van der Waals surface area contributed by atoms with E-state index in [2.05, 4.69) is 0 Å². The van der Waals surface area contributed by atoms with E-state index in [1.54, 1.807) is 0 Å². The van der Waals surface area contributed by atoms with E-state index in [0.29, 0.717) is 0 Å². The van der Waals surface area contributed by atoms with Gasteiger partial charge in [0.05, 0.1) is 7.11 Å². The molecule has 5 heteroatoms. The first-order valence-electron chi connectivity index (χ1n) is 3.82. The zero-order valence-electron chi connectivity index (χ0n) is 7.31. The first-order chi connectivity index (χ1) is 6.56. The van der Waals surface area contributed by atoms with Crippen LogP contribution in [0.1, 0.15) is 10.9 Å². The molecule has 1 aromatic carbocycles. The lowest BCUT2D eigenvalue weighted by Crippen LogP contribution is -2.04. The Morgan fingerprint density at radius 1 is 1.36 bits per heavy atom. The Hall–Kier alpha value is -0.900. The summed E-state index contributed by atoms with van der Waals surface area (Å²) in [5, 5.41) is -1.62. The summed E-state index contributed by atoms with van der Waals surface area (Å²) in [7, 11) is 1.36. The summed E-state index contributed by atoms with van der Waals surface area (Å²) in [6.07, 6.45) is -2.79. The van der Waals surface area contributed by atoms with Gasteiger partial charge in [-0.1, -0.05) is 6.07 Å². The van der Waals surface area contributed by atoms with Crippen molar-refractivity contribution in [3.63, 3.8) is 0 Å². The minimum atomic E-state index is -2.79. The third-order valence-electron chi connectivity index (χ3n) is 1.73. The van der Waals surface area contributed by atoms with Gasteiger partial charge in [0.2, 0.25) is 0 Å². The third kappa shape index (κ3) is 2.32. The summed E-state index contributed by atoms with van der Waals surface area (Å²) in [6, 6.07) is 3.60. The van der Waals surface area contributed by atoms with Crippen molar-refractivity contribution in [2.45, 2.75) is 11.8 Å². The van der Waals surface area contributed by atoms with Crippen LogP contribution in [0.3, 0.4) is 0 Å². The lowest BCUT2D eigenvalue weighted by Gasteiger charge is -2.10. The van der Waals surface area contributed by atoms with Crippen LogP contribution in [0, 0.1) is 5.82 Å². The van der Waals surface area contributed by atoms with Crippen molar-refractivity contribution in [2.24, 2.45) is 0 Å². The standard InChI is InChI=1S/C9H8ClF3O/c1-14-5-2-3-6(7(11)4-5)8(10)9(12)13/h2-4,8-9H,1H3. The second-order valence-electron chi connectivity index (χ2n) is 2.62. The van der Waals surface area contributed by atoms with Crippen LogP contribution in [-0.2, 0) is 0 Å². The lowest BCUT2D eigenvalue weighted by molar-refractivity contribution is 0.141. The fourth-order valence-electron chi connectivity index (χ4n) is 0.994. The molecule has 14 heavy (non-hydrogen) atoms. The first-order valence-corrected chi connectivity index (χ1v) is 4.25. The van der Waals surface area contributed by atoms with Gasteiger partial charge in [0, 0.05) is 11.6 Å². The summed E-state index contributed by atoms with van der Waals surface area (Å²) >= 11 is 5.31. The van der Waals surface area contributed by atoms with Crippen molar-refractivity contribution in [1.29, 1.82) is 0 Å². The van der Waals surface area contributed by atoms with E-state index in [9.17, 15) is 13.2 Å². The fourth-order valence-corrected chi connectivity index (χ4v) is 1.17. The third-order valence-corrected chi connectivity index (χ3v) is 2.15. The summed E-state index contributed by atoms with van der Waals surface area (Å²) in [5.41, 5.74) is -0.220. The van der Waals surface area contributed by atoms with E-state index in [4.69, 9.17) is 16.3 Å². The molecule has 0 aromatic heterocycles. The molecule has 0 radical (unpaired) electrons. The molecule has 1 unspecified atom stereocenters. The van der Waals surface area contributed by atoms with Crippen molar-refractivity contribution in [3.8, 4) is 5.75 Å². The van der Waals surface area contributed by atoms with Crippen molar-refractivity contribution < 1.29 is 17.9 Å². The minimum Gasteiger partial charge on any atom is -0.497 e.